The van der Waals surface area contributed by atoms with Gasteiger partial charge in [-0.05, 0) is 56.7 Å². The summed E-state index contributed by atoms with van der Waals surface area (Å²) in [5, 5.41) is 27.3. The maximum absolute atomic E-state index is 12.8. The second-order valence-corrected chi connectivity index (χ2v) is 8.74. The molecule has 0 aliphatic carbocycles. The van der Waals surface area contributed by atoms with Crippen molar-refractivity contribution in [1.82, 2.24) is 9.88 Å². The molecule has 38 heavy (non-hydrogen) atoms. The number of fused-ring (bicyclic) bond motifs is 1. The van der Waals surface area contributed by atoms with E-state index in [4.69, 9.17) is 28.0 Å². The van der Waals surface area contributed by atoms with Crippen molar-refractivity contribution in [1.29, 1.82) is 10.8 Å². The topological polar surface area (TPSA) is 207 Å². The van der Waals surface area contributed by atoms with Gasteiger partial charge in [0.2, 0.25) is 0 Å². The molecule has 3 rings (SSSR count). The molecular formula is C27H33N9O2. The van der Waals surface area contributed by atoms with E-state index in [1.54, 1.807) is 38.3 Å². The quantitative estimate of drug-likeness (QED) is 0.155. The predicted octanol–water partition coefficient (Wildman–Crippen LogP) is 0.977. The predicted molar refractivity (Wildman–Crippen MR) is 154 cm³/mol. The number of rotatable bonds is 8. The third kappa shape index (κ3) is 5.32. The van der Waals surface area contributed by atoms with E-state index in [0.717, 1.165) is 22.4 Å². The van der Waals surface area contributed by atoms with Crippen molar-refractivity contribution in [2.45, 2.75) is 33.4 Å². The van der Waals surface area contributed by atoms with E-state index in [1.165, 1.54) is 23.3 Å². The summed E-state index contributed by atoms with van der Waals surface area (Å²) in [6.07, 6.45) is 8.09. The minimum absolute atomic E-state index is 0.00863. The first kappa shape index (κ1) is 27.8. The molecule has 1 atom stereocenters. The van der Waals surface area contributed by atoms with Crippen LogP contribution in [0.5, 0.6) is 0 Å². The van der Waals surface area contributed by atoms with Gasteiger partial charge in [0, 0.05) is 58.1 Å². The highest BCUT2D eigenvalue weighted by atomic mass is 16.3. The number of carbonyl (C=O) groups is 1. The van der Waals surface area contributed by atoms with Gasteiger partial charge < -0.3 is 43.0 Å². The molecule has 0 fully saturated rings. The number of nitrogen functional groups attached to an aromatic ring is 1. The number of H-pyrrole nitrogens is 1. The molecule has 1 aromatic carbocycles. The zero-order valence-corrected chi connectivity index (χ0v) is 21.8. The Kier molecular flexibility index (Phi) is 8.43. The fourth-order valence-electron chi connectivity index (χ4n) is 4.16. The van der Waals surface area contributed by atoms with Crippen molar-refractivity contribution in [3.05, 3.63) is 64.0 Å². The number of aliphatic hydroxyl groups is 1. The van der Waals surface area contributed by atoms with Gasteiger partial charge in [-0.1, -0.05) is 12.5 Å². The van der Waals surface area contributed by atoms with E-state index in [-0.39, 0.29) is 11.5 Å². The van der Waals surface area contributed by atoms with Gasteiger partial charge >= 0.3 is 0 Å². The number of allylic oxidation sites excluding steroid dienone is 3. The molecule has 0 bridgehead atoms. The number of aliphatic hydroxyl groups excluding tert-OH is 1. The number of hydrogen-bond acceptors (Lipinski definition) is 8. The number of nitrogens with one attached hydrogen (secondary N) is 3. The van der Waals surface area contributed by atoms with Crippen LogP contribution in [0.4, 0.5) is 5.69 Å². The highest BCUT2D eigenvalue weighted by molar-refractivity contribution is 6.17. The Morgan fingerprint density at radius 2 is 1.97 bits per heavy atom. The smallest absolute Gasteiger partial charge is 0.269 e. The summed E-state index contributed by atoms with van der Waals surface area (Å²) in [6.45, 7) is 5.64. The van der Waals surface area contributed by atoms with Gasteiger partial charge in [-0.25, -0.2) is 9.98 Å². The number of likely N-dealkylation sites (N-methyl/N-ethyl adjacent to an activating group) is 1. The standard InChI is InChI=1S/C27H33N9O2/c1-5-14(2)22-23-17(13-29)18(30)9-10-19(23)34-24(22)25(26(32)38)33-15(3)16-8-11-21(37)36(4)27(16)35-20(31)7-6-12-28/h6-13,21,28-29,34,37H,5,30H2,1-4H3,(H2,31,35)(H2,32,38)/b7-6-,22-14+,25-24+,28-12?,29-13?,33-15?. The largest absolute Gasteiger partial charge is 0.398 e. The zero-order chi connectivity index (χ0) is 28.1. The average Bonchev–Trinajstić information content (AvgIpc) is 3.27. The molecule has 1 aliphatic rings. The molecule has 2 aromatic rings. The van der Waals surface area contributed by atoms with Gasteiger partial charge in [-0.3, -0.25) is 4.79 Å². The molecule has 11 nitrogen and oxygen atoms in total. The van der Waals surface area contributed by atoms with Gasteiger partial charge in [-0.15, -0.1) is 0 Å². The lowest BCUT2D eigenvalue weighted by molar-refractivity contribution is -0.113. The van der Waals surface area contributed by atoms with Crippen molar-refractivity contribution < 1.29 is 9.90 Å². The lowest BCUT2D eigenvalue weighted by Crippen LogP contribution is -2.34. The average molecular weight is 516 g/mol. The Balaban J connectivity index is 2.44. The van der Waals surface area contributed by atoms with Crippen LogP contribution in [0.15, 0.2) is 57.8 Å². The molecule has 198 valence electrons. The monoisotopic (exact) mass is 515 g/mol. The number of hydrogen-bond donors (Lipinski definition) is 7. The fourth-order valence-corrected chi connectivity index (χ4v) is 4.16. The number of aromatic nitrogens is 1. The number of nitrogens with zero attached hydrogens (tertiary/aromatic N) is 3. The molecule has 10 N–H and O–H groups in total. The number of aromatic amines is 1. The van der Waals surface area contributed by atoms with Crippen molar-refractivity contribution >= 4 is 57.7 Å². The van der Waals surface area contributed by atoms with Crippen LogP contribution in [0.3, 0.4) is 0 Å². The lowest BCUT2D eigenvalue weighted by atomic mass is 10.0. The molecule has 0 saturated heterocycles. The van der Waals surface area contributed by atoms with Crippen LogP contribution in [-0.2, 0) is 4.79 Å². The van der Waals surface area contributed by atoms with Crippen LogP contribution >= 0.6 is 0 Å². The van der Waals surface area contributed by atoms with Gasteiger partial charge in [0.05, 0.1) is 5.35 Å². The molecule has 1 amide bonds. The second kappa shape index (κ2) is 11.5. The molecule has 11 heteroatoms. The summed E-state index contributed by atoms with van der Waals surface area (Å²) in [4.78, 5) is 26.6. The van der Waals surface area contributed by atoms with E-state index in [2.05, 4.69) is 15.0 Å². The third-order valence-electron chi connectivity index (χ3n) is 6.28. The van der Waals surface area contributed by atoms with E-state index < -0.39 is 12.1 Å². The molecule has 0 saturated carbocycles. The molecule has 0 radical (unpaired) electrons. The normalized spacial score (nSPS) is 18.3. The summed E-state index contributed by atoms with van der Waals surface area (Å²) in [7, 11) is 1.64. The van der Waals surface area contributed by atoms with Crippen LogP contribution in [0.2, 0.25) is 0 Å². The lowest BCUT2D eigenvalue weighted by Gasteiger charge is -2.29. The highest BCUT2D eigenvalue weighted by Gasteiger charge is 2.22. The van der Waals surface area contributed by atoms with E-state index >= 15 is 0 Å². The van der Waals surface area contributed by atoms with Crippen molar-refractivity contribution in [2.24, 2.45) is 21.5 Å². The van der Waals surface area contributed by atoms with Crippen molar-refractivity contribution in [3.8, 4) is 0 Å². The number of benzene rings is 1. The van der Waals surface area contributed by atoms with Gasteiger partial charge in [0.25, 0.3) is 5.91 Å². The third-order valence-corrected chi connectivity index (χ3v) is 6.28. The first-order valence-electron chi connectivity index (χ1n) is 11.9. The number of carbonyl (C=O) groups excluding carboxylic acids is 1. The minimum atomic E-state index is -0.948. The summed E-state index contributed by atoms with van der Waals surface area (Å²) in [6, 6.07) is 3.50. The second-order valence-electron chi connectivity index (χ2n) is 8.74. The number of aliphatic imine (C=N–C) groups is 2. The number of primary amides is 1. The number of amidine groups is 1. The highest BCUT2D eigenvalue weighted by Crippen LogP contribution is 2.23. The molecule has 0 spiro atoms. The number of amides is 1. The summed E-state index contributed by atoms with van der Waals surface area (Å²) in [5.41, 5.74) is 21.6. The van der Waals surface area contributed by atoms with Gasteiger partial charge in [-0.2, -0.15) is 0 Å². The zero-order valence-electron chi connectivity index (χ0n) is 21.8. The maximum atomic E-state index is 12.8. The van der Waals surface area contributed by atoms with E-state index in [9.17, 15) is 9.90 Å². The van der Waals surface area contributed by atoms with Crippen LogP contribution in [0.25, 0.3) is 22.2 Å². The molecule has 1 aromatic heterocycles. The number of anilines is 1. The van der Waals surface area contributed by atoms with Crippen LogP contribution in [0, 0.1) is 10.8 Å². The van der Waals surface area contributed by atoms with Crippen LogP contribution in [-0.4, -0.2) is 58.1 Å². The van der Waals surface area contributed by atoms with Gasteiger partial charge in [0.1, 0.15) is 17.9 Å². The van der Waals surface area contributed by atoms with Crippen molar-refractivity contribution in [3.63, 3.8) is 0 Å². The number of nitrogens with two attached hydrogens (primary N) is 3. The molecule has 1 unspecified atom stereocenters. The minimum Gasteiger partial charge on any atom is -0.398 e. The Morgan fingerprint density at radius 1 is 1.26 bits per heavy atom. The SMILES string of the molecule is CC/C(C)=c1/c(=C(\N=C(C)C2=C(/N=C(N)\C=C/C=N)N(C)C(O)C=C2)C(N)=O)[nH]c2ccc(N)c(C=N)c12. The van der Waals surface area contributed by atoms with E-state index in [1.807, 2.05) is 13.8 Å². The molecule has 2 heterocycles. The Morgan fingerprint density at radius 3 is 2.58 bits per heavy atom. The van der Waals surface area contributed by atoms with Gasteiger partial charge in [0.15, 0.2) is 5.70 Å². The molecule has 1 aliphatic heterocycles. The Labute approximate surface area is 220 Å². The summed E-state index contributed by atoms with van der Waals surface area (Å²) >= 11 is 0. The first-order valence-corrected chi connectivity index (χ1v) is 11.9. The van der Waals surface area contributed by atoms with E-state index in [0.29, 0.717) is 45.6 Å². The van der Waals surface area contributed by atoms with Crippen LogP contribution in [0.1, 0.15) is 32.8 Å². The van der Waals surface area contributed by atoms with Crippen molar-refractivity contribution in [2.75, 3.05) is 12.8 Å². The molecular weight excluding hydrogens is 482 g/mol. The maximum Gasteiger partial charge on any atom is 0.269 e. The van der Waals surface area contributed by atoms with Crippen LogP contribution < -0.4 is 27.8 Å². The summed E-state index contributed by atoms with van der Waals surface area (Å²) < 4.78 is 0. The first-order chi connectivity index (χ1) is 18.0. The Bertz CT molecular complexity index is 1590. The fraction of sp³-hybridized carbons (Fsp3) is 0.222. The Hall–Kier alpha value is -4.77. The summed E-state index contributed by atoms with van der Waals surface area (Å²) in [5.74, 6) is -0.313.